The second-order valence-corrected chi connectivity index (χ2v) is 12.4. The van der Waals surface area contributed by atoms with Crippen LogP contribution in [0.25, 0.3) is 0 Å². The molecule has 0 saturated heterocycles. The fourth-order valence-electron chi connectivity index (χ4n) is 4.09. The van der Waals surface area contributed by atoms with Crippen LogP contribution in [0, 0.1) is 11.3 Å². The number of rotatable bonds is 5. The Labute approximate surface area is 219 Å². The van der Waals surface area contributed by atoms with Crippen LogP contribution in [-0.4, -0.2) is 43.4 Å². The molecule has 0 radical (unpaired) electrons. The van der Waals surface area contributed by atoms with Gasteiger partial charge < -0.3 is 10.1 Å². The molecule has 0 saturated carbocycles. The zero-order chi connectivity index (χ0) is 28.7. The van der Waals surface area contributed by atoms with E-state index in [0.29, 0.717) is 11.1 Å². The summed E-state index contributed by atoms with van der Waals surface area (Å²) in [6.45, 7) is 5.83. The predicted molar refractivity (Wildman–Crippen MR) is 133 cm³/mol. The molecular weight excluding hydrogens is 523 g/mol. The third-order valence-electron chi connectivity index (χ3n) is 6.21. The van der Waals surface area contributed by atoms with Crippen molar-refractivity contribution in [3.05, 3.63) is 59.2 Å². The number of carbonyl (C=O) groups excluding carboxylic acids is 2. The number of benzene rings is 2. The van der Waals surface area contributed by atoms with Crippen molar-refractivity contribution in [1.29, 1.82) is 5.26 Å². The Balaban J connectivity index is 1.94. The summed E-state index contributed by atoms with van der Waals surface area (Å²) in [5.74, 6) is -0.662. The van der Waals surface area contributed by atoms with Crippen LogP contribution in [0.15, 0.2) is 47.4 Å². The highest BCUT2D eigenvalue weighted by Crippen LogP contribution is 2.44. The molecule has 0 aromatic heterocycles. The van der Waals surface area contributed by atoms with Gasteiger partial charge in [0.2, 0.25) is 0 Å². The molecule has 0 aliphatic carbocycles. The Morgan fingerprint density at radius 2 is 1.71 bits per heavy atom. The van der Waals surface area contributed by atoms with Crippen molar-refractivity contribution in [2.45, 2.75) is 68.8 Å². The monoisotopic (exact) mass is 551 g/mol. The number of alkyl halides is 3. The fourth-order valence-corrected chi connectivity index (χ4v) is 4.76. The van der Waals surface area contributed by atoms with E-state index in [0.717, 1.165) is 13.2 Å². The number of anilines is 1. The number of nitrogens with zero attached hydrogens (tertiary/aromatic N) is 2. The lowest BCUT2D eigenvalue weighted by molar-refractivity contribution is -0.184. The number of nitriles is 1. The maximum absolute atomic E-state index is 13.7. The molecule has 2 atom stereocenters. The minimum Gasteiger partial charge on any atom is -0.444 e. The molecule has 0 fully saturated rings. The van der Waals surface area contributed by atoms with Gasteiger partial charge in [-0.25, -0.2) is 13.2 Å². The van der Waals surface area contributed by atoms with E-state index in [1.54, 1.807) is 26.8 Å². The van der Waals surface area contributed by atoms with Crippen LogP contribution < -0.4 is 5.32 Å². The van der Waals surface area contributed by atoms with Gasteiger partial charge in [0.1, 0.15) is 17.1 Å². The predicted octanol–water partition coefficient (Wildman–Crippen LogP) is 5.25. The van der Waals surface area contributed by atoms with Crippen LogP contribution in [0.5, 0.6) is 0 Å². The number of carbonyl (C=O) groups is 2. The normalized spacial score (nSPS) is 17.2. The van der Waals surface area contributed by atoms with Crippen molar-refractivity contribution >= 4 is 27.5 Å². The molecule has 1 aliphatic heterocycles. The van der Waals surface area contributed by atoms with Gasteiger partial charge in [-0.2, -0.15) is 18.4 Å². The number of nitrogens with one attached hydrogen (secondary N) is 1. The number of hydrogen-bond donors (Lipinski definition) is 1. The van der Waals surface area contributed by atoms with E-state index in [4.69, 9.17) is 10.00 Å². The number of ether oxygens (including phenoxy) is 1. The zero-order valence-electron chi connectivity index (χ0n) is 21.5. The van der Waals surface area contributed by atoms with E-state index in [1.165, 1.54) is 47.4 Å². The van der Waals surface area contributed by atoms with E-state index >= 15 is 0 Å². The van der Waals surface area contributed by atoms with Crippen molar-refractivity contribution in [1.82, 2.24) is 4.90 Å². The van der Waals surface area contributed by atoms with Gasteiger partial charge in [-0.3, -0.25) is 9.69 Å². The number of sulfone groups is 1. The molecule has 38 heavy (non-hydrogen) atoms. The second-order valence-electron chi connectivity index (χ2n) is 10.4. The first-order valence-corrected chi connectivity index (χ1v) is 13.4. The van der Waals surface area contributed by atoms with Gasteiger partial charge in [0.05, 0.1) is 23.9 Å². The topological polar surface area (TPSA) is 117 Å². The van der Waals surface area contributed by atoms with Gasteiger partial charge in [-0.1, -0.05) is 18.2 Å². The van der Waals surface area contributed by atoms with Gasteiger partial charge in [0, 0.05) is 11.9 Å². The molecule has 1 N–H and O–H groups in total. The molecule has 3 rings (SSSR count). The molecule has 2 unspecified atom stereocenters. The summed E-state index contributed by atoms with van der Waals surface area (Å²) in [7, 11) is -3.54. The molecule has 12 heteroatoms. The third kappa shape index (κ3) is 5.93. The SMILES string of the molecule is CC(C)(C)OC(=O)N1Cc2cc(S(C)(=O)=O)ccc2C1C(=O)Nc1ccc(C(C)(CC#N)C(F)(F)F)cc1. The van der Waals surface area contributed by atoms with Gasteiger partial charge in [-0.05, 0) is 68.7 Å². The lowest BCUT2D eigenvalue weighted by atomic mass is 9.79. The molecule has 0 bridgehead atoms. The number of amides is 2. The highest BCUT2D eigenvalue weighted by atomic mass is 32.2. The van der Waals surface area contributed by atoms with Crippen LogP contribution in [0.3, 0.4) is 0 Å². The first-order valence-electron chi connectivity index (χ1n) is 11.5. The van der Waals surface area contributed by atoms with Gasteiger partial charge in [0.25, 0.3) is 5.91 Å². The molecule has 0 spiro atoms. The number of halogens is 3. The Morgan fingerprint density at radius 3 is 2.21 bits per heavy atom. The van der Waals surface area contributed by atoms with Crippen LogP contribution >= 0.6 is 0 Å². The summed E-state index contributed by atoms with van der Waals surface area (Å²) in [4.78, 5) is 27.5. The van der Waals surface area contributed by atoms with Crippen LogP contribution in [0.4, 0.5) is 23.7 Å². The van der Waals surface area contributed by atoms with E-state index in [2.05, 4.69) is 5.32 Å². The lowest BCUT2D eigenvalue weighted by Crippen LogP contribution is -2.40. The van der Waals surface area contributed by atoms with E-state index < -0.39 is 51.5 Å². The molecule has 2 amide bonds. The third-order valence-corrected chi connectivity index (χ3v) is 7.32. The van der Waals surface area contributed by atoms with E-state index in [-0.39, 0.29) is 22.7 Å². The minimum atomic E-state index is -4.67. The molecule has 204 valence electrons. The van der Waals surface area contributed by atoms with E-state index in [9.17, 15) is 31.2 Å². The maximum Gasteiger partial charge on any atom is 0.411 e. The standard InChI is InChI=1S/C26H28F3N3O5S/c1-24(2,3)37-23(34)32-15-16-14-19(38(5,35)36)10-11-20(16)21(32)22(33)31-18-8-6-17(7-9-18)25(4,12-13-30)26(27,28)29/h6-11,14,21H,12,15H2,1-5H3,(H,31,33). The Morgan fingerprint density at radius 1 is 1.11 bits per heavy atom. The highest BCUT2D eigenvalue weighted by Gasteiger charge is 2.52. The molecular formula is C26H28F3N3O5S. The summed E-state index contributed by atoms with van der Waals surface area (Å²) >= 11 is 0. The highest BCUT2D eigenvalue weighted by molar-refractivity contribution is 7.90. The molecule has 1 aliphatic rings. The Bertz CT molecular complexity index is 1390. The second kappa shape index (κ2) is 9.94. The fraction of sp³-hybridized carbons (Fsp3) is 0.423. The first-order chi connectivity index (χ1) is 17.4. The van der Waals surface area contributed by atoms with E-state index in [1.807, 2.05) is 0 Å². The maximum atomic E-state index is 13.7. The molecule has 2 aromatic rings. The summed E-state index contributed by atoms with van der Waals surface area (Å²) in [6, 6.07) is 9.55. The smallest absolute Gasteiger partial charge is 0.411 e. The van der Waals surface area contributed by atoms with Crippen LogP contribution in [0.1, 0.15) is 56.8 Å². The summed E-state index contributed by atoms with van der Waals surface area (Å²) in [6.07, 6.45) is -5.19. The number of hydrogen-bond acceptors (Lipinski definition) is 6. The van der Waals surface area contributed by atoms with Gasteiger partial charge in [-0.15, -0.1) is 0 Å². The molecule has 2 aromatic carbocycles. The molecule has 8 nitrogen and oxygen atoms in total. The minimum absolute atomic E-state index is 0.0297. The average Bonchev–Trinajstić information content (AvgIpc) is 3.16. The van der Waals surface area contributed by atoms with Crippen LogP contribution in [0.2, 0.25) is 0 Å². The van der Waals surface area contributed by atoms with Gasteiger partial charge in [0.15, 0.2) is 9.84 Å². The van der Waals surface area contributed by atoms with Crippen molar-refractivity contribution in [2.75, 3.05) is 11.6 Å². The number of fused-ring (bicyclic) bond motifs is 1. The average molecular weight is 552 g/mol. The zero-order valence-corrected chi connectivity index (χ0v) is 22.3. The Kier molecular flexibility index (Phi) is 7.58. The van der Waals surface area contributed by atoms with Crippen LogP contribution in [-0.2, 0) is 31.3 Å². The van der Waals surface area contributed by atoms with Crippen molar-refractivity contribution in [2.24, 2.45) is 0 Å². The van der Waals surface area contributed by atoms with Crippen molar-refractivity contribution in [3.8, 4) is 6.07 Å². The largest absolute Gasteiger partial charge is 0.444 e. The summed E-state index contributed by atoms with van der Waals surface area (Å²) in [5.41, 5.74) is -2.37. The molecule has 1 heterocycles. The summed E-state index contributed by atoms with van der Waals surface area (Å²) in [5, 5.41) is 11.5. The van der Waals surface area contributed by atoms with Gasteiger partial charge >= 0.3 is 12.3 Å². The lowest BCUT2D eigenvalue weighted by Gasteiger charge is -2.30. The first kappa shape index (κ1) is 29.0. The Hall–Kier alpha value is -3.59. The summed E-state index contributed by atoms with van der Waals surface area (Å²) < 4.78 is 70.5. The van der Waals surface area contributed by atoms with Crippen molar-refractivity contribution in [3.63, 3.8) is 0 Å². The van der Waals surface area contributed by atoms with Crippen molar-refractivity contribution < 1.29 is 35.9 Å². The quantitative estimate of drug-likeness (QED) is 0.542.